The number of nitrogens with one attached hydrogen (secondary N) is 2. The summed E-state index contributed by atoms with van der Waals surface area (Å²) in [5.74, 6) is 1.59. The van der Waals surface area contributed by atoms with Crippen molar-refractivity contribution in [1.29, 1.82) is 0 Å². The number of sulfone groups is 1. The topological polar surface area (TPSA) is 79.8 Å². The molecule has 0 aromatic heterocycles. The van der Waals surface area contributed by atoms with Crippen molar-refractivity contribution >= 4 is 39.8 Å². The largest absolute Gasteiger partial charge is 0.378 e. The van der Waals surface area contributed by atoms with Crippen LogP contribution in [0, 0.1) is 5.92 Å². The van der Waals surface area contributed by atoms with E-state index in [1.54, 1.807) is 0 Å². The van der Waals surface area contributed by atoms with Crippen molar-refractivity contribution in [2.75, 3.05) is 38.3 Å². The molecular weight excluding hydrogens is 441 g/mol. The molecule has 146 valence electrons. The van der Waals surface area contributed by atoms with E-state index in [1.807, 2.05) is 6.92 Å². The summed E-state index contributed by atoms with van der Waals surface area (Å²) in [7, 11) is -2.95. The Kier molecular flexibility index (Phi) is 16.5. The minimum Gasteiger partial charge on any atom is -0.378 e. The lowest BCUT2D eigenvalue weighted by Crippen LogP contribution is -2.42. The van der Waals surface area contributed by atoms with Crippen LogP contribution >= 0.6 is 24.0 Å². The van der Waals surface area contributed by atoms with E-state index < -0.39 is 9.84 Å². The van der Waals surface area contributed by atoms with Gasteiger partial charge in [0.25, 0.3) is 0 Å². The molecule has 0 heterocycles. The van der Waals surface area contributed by atoms with E-state index in [0.717, 1.165) is 24.8 Å². The summed E-state index contributed by atoms with van der Waals surface area (Å²) in [6.45, 7) is 10.6. The molecule has 0 aliphatic carbocycles. The van der Waals surface area contributed by atoms with Crippen LogP contribution in [-0.4, -0.2) is 58.7 Å². The number of ether oxygens (including phenoxy) is 1. The third-order valence-electron chi connectivity index (χ3n) is 3.25. The molecule has 0 bridgehead atoms. The van der Waals surface area contributed by atoms with Crippen molar-refractivity contribution in [3.05, 3.63) is 0 Å². The number of aliphatic imine (C=N–C) groups is 1. The van der Waals surface area contributed by atoms with Crippen LogP contribution in [0.2, 0.25) is 0 Å². The Balaban J connectivity index is 0. The molecule has 0 fully saturated rings. The zero-order valence-electron chi connectivity index (χ0n) is 15.8. The zero-order valence-corrected chi connectivity index (χ0v) is 18.9. The summed E-state index contributed by atoms with van der Waals surface area (Å²) in [4.78, 5) is 4.45. The van der Waals surface area contributed by atoms with E-state index in [0.29, 0.717) is 19.2 Å². The first-order chi connectivity index (χ1) is 10.7. The summed E-state index contributed by atoms with van der Waals surface area (Å²) < 4.78 is 27.3. The highest BCUT2D eigenvalue weighted by Crippen LogP contribution is 2.08. The highest BCUT2D eigenvalue weighted by Gasteiger charge is 2.06. The van der Waals surface area contributed by atoms with E-state index in [1.165, 1.54) is 19.1 Å². The predicted molar refractivity (Wildman–Crippen MR) is 113 cm³/mol. The number of hydrogen-bond acceptors (Lipinski definition) is 4. The van der Waals surface area contributed by atoms with Crippen LogP contribution in [0.15, 0.2) is 4.99 Å². The summed E-state index contributed by atoms with van der Waals surface area (Å²) in [5, 5.41) is 6.61. The molecule has 1 unspecified atom stereocenters. The van der Waals surface area contributed by atoms with Crippen molar-refractivity contribution in [1.82, 2.24) is 10.6 Å². The van der Waals surface area contributed by atoms with Gasteiger partial charge >= 0.3 is 0 Å². The quantitative estimate of drug-likeness (QED) is 0.195. The molecule has 6 nitrogen and oxygen atoms in total. The SMILES string of the molecule is CCNC(=NCCOCCS(C)(=O)=O)NC(C)CCCC(C)C.I. The highest BCUT2D eigenvalue weighted by molar-refractivity contribution is 14.0. The summed E-state index contributed by atoms with van der Waals surface area (Å²) in [5.41, 5.74) is 0. The van der Waals surface area contributed by atoms with Crippen LogP contribution in [0.4, 0.5) is 0 Å². The Morgan fingerprint density at radius 2 is 1.83 bits per heavy atom. The maximum atomic E-state index is 11.0. The Labute approximate surface area is 165 Å². The predicted octanol–water partition coefficient (Wildman–Crippen LogP) is 2.44. The van der Waals surface area contributed by atoms with Crippen LogP contribution in [0.1, 0.15) is 47.0 Å². The van der Waals surface area contributed by atoms with E-state index in [4.69, 9.17) is 4.74 Å². The Morgan fingerprint density at radius 3 is 2.38 bits per heavy atom. The first-order valence-corrected chi connectivity index (χ1v) is 10.6. The van der Waals surface area contributed by atoms with Gasteiger partial charge in [0, 0.05) is 18.8 Å². The number of nitrogens with zero attached hydrogens (tertiary/aromatic N) is 1. The van der Waals surface area contributed by atoms with Crippen molar-refractivity contribution in [2.24, 2.45) is 10.9 Å². The Morgan fingerprint density at radius 1 is 1.17 bits per heavy atom. The van der Waals surface area contributed by atoms with Gasteiger partial charge in [-0.25, -0.2) is 8.42 Å². The van der Waals surface area contributed by atoms with E-state index in [9.17, 15) is 8.42 Å². The van der Waals surface area contributed by atoms with Crippen molar-refractivity contribution in [3.63, 3.8) is 0 Å². The van der Waals surface area contributed by atoms with Gasteiger partial charge in [0.1, 0.15) is 9.84 Å². The molecule has 0 saturated carbocycles. The molecule has 0 aromatic rings. The van der Waals surface area contributed by atoms with E-state index >= 15 is 0 Å². The molecule has 0 aliphatic rings. The Bertz CT molecular complexity index is 428. The fourth-order valence-corrected chi connectivity index (χ4v) is 2.41. The van der Waals surface area contributed by atoms with Crippen LogP contribution in [0.3, 0.4) is 0 Å². The second-order valence-corrected chi connectivity index (χ2v) is 8.63. The highest BCUT2D eigenvalue weighted by atomic mass is 127. The standard InChI is InChI=1S/C16H35N3O3S.HI/c1-6-17-16(19-15(4)9-7-8-14(2)3)18-10-11-22-12-13-23(5,20)21;/h14-15H,6-13H2,1-5H3,(H2,17,18,19);1H. The van der Waals surface area contributed by atoms with Gasteiger partial charge in [0.2, 0.25) is 0 Å². The fourth-order valence-electron chi connectivity index (χ4n) is 1.99. The lowest BCUT2D eigenvalue weighted by molar-refractivity contribution is 0.157. The molecule has 0 aliphatic heterocycles. The molecule has 0 radical (unpaired) electrons. The molecule has 8 heteroatoms. The maximum Gasteiger partial charge on any atom is 0.191 e. The average Bonchev–Trinajstić information content (AvgIpc) is 2.41. The fraction of sp³-hybridized carbons (Fsp3) is 0.938. The molecule has 1 atom stereocenters. The first kappa shape index (κ1) is 26.1. The molecule has 2 N–H and O–H groups in total. The minimum absolute atomic E-state index is 0. The lowest BCUT2D eigenvalue weighted by atomic mass is 10.0. The van der Waals surface area contributed by atoms with Gasteiger partial charge in [-0.2, -0.15) is 0 Å². The average molecular weight is 477 g/mol. The molecule has 24 heavy (non-hydrogen) atoms. The molecule has 0 amide bonds. The normalized spacial score (nSPS) is 13.5. The number of hydrogen-bond donors (Lipinski definition) is 2. The van der Waals surface area contributed by atoms with Gasteiger partial charge in [0.05, 0.1) is 25.5 Å². The first-order valence-electron chi connectivity index (χ1n) is 8.55. The molecule has 0 spiro atoms. The molecule has 0 aromatic carbocycles. The van der Waals surface area contributed by atoms with Gasteiger partial charge in [-0.1, -0.05) is 26.7 Å². The van der Waals surface area contributed by atoms with Crippen LogP contribution < -0.4 is 10.6 Å². The summed E-state index contributed by atoms with van der Waals surface area (Å²) in [6, 6.07) is 0.373. The third-order valence-corrected chi connectivity index (χ3v) is 4.16. The zero-order chi connectivity index (χ0) is 17.7. The second-order valence-electron chi connectivity index (χ2n) is 6.37. The smallest absolute Gasteiger partial charge is 0.191 e. The van der Waals surface area contributed by atoms with E-state index in [2.05, 4.69) is 36.4 Å². The molecule has 0 saturated heterocycles. The van der Waals surface area contributed by atoms with Crippen LogP contribution in [0.5, 0.6) is 0 Å². The summed E-state index contributed by atoms with van der Waals surface area (Å²) >= 11 is 0. The molecular formula is C16H36IN3O3S. The van der Waals surface area contributed by atoms with Gasteiger partial charge in [-0.15, -0.1) is 24.0 Å². The number of rotatable bonds is 12. The maximum absolute atomic E-state index is 11.0. The monoisotopic (exact) mass is 477 g/mol. The second kappa shape index (κ2) is 15.2. The third kappa shape index (κ3) is 18.3. The Hall–Kier alpha value is -0.0900. The van der Waals surface area contributed by atoms with Crippen LogP contribution in [0.25, 0.3) is 0 Å². The van der Waals surface area contributed by atoms with Crippen LogP contribution in [-0.2, 0) is 14.6 Å². The molecule has 0 rings (SSSR count). The van der Waals surface area contributed by atoms with Crippen molar-refractivity contribution in [2.45, 2.75) is 53.0 Å². The van der Waals surface area contributed by atoms with Crippen molar-refractivity contribution < 1.29 is 13.2 Å². The summed E-state index contributed by atoms with van der Waals surface area (Å²) in [6.07, 6.45) is 4.78. The van der Waals surface area contributed by atoms with Gasteiger partial charge < -0.3 is 15.4 Å². The number of halogens is 1. The number of guanidine groups is 1. The minimum atomic E-state index is -2.95. The van der Waals surface area contributed by atoms with Gasteiger partial charge in [-0.05, 0) is 26.2 Å². The van der Waals surface area contributed by atoms with Crippen molar-refractivity contribution in [3.8, 4) is 0 Å². The van der Waals surface area contributed by atoms with E-state index in [-0.39, 0.29) is 36.3 Å². The lowest BCUT2D eigenvalue weighted by Gasteiger charge is -2.18. The van der Waals surface area contributed by atoms with Gasteiger partial charge in [-0.3, -0.25) is 4.99 Å². The van der Waals surface area contributed by atoms with Gasteiger partial charge in [0.15, 0.2) is 5.96 Å².